The van der Waals surface area contributed by atoms with Gasteiger partial charge < -0.3 is 19.7 Å². The first kappa shape index (κ1) is 21.2. The van der Waals surface area contributed by atoms with Crippen molar-refractivity contribution in [2.75, 3.05) is 25.5 Å². The van der Waals surface area contributed by atoms with Crippen LogP contribution in [0, 0.1) is 5.92 Å². The molecule has 1 aliphatic carbocycles. The lowest BCUT2D eigenvalue weighted by atomic mass is 9.85. The second kappa shape index (κ2) is 9.81. The number of nitrogens with zero attached hydrogens (tertiary/aromatic N) is 2. The summed E-state index contributed by atoms with van der Waals surface area (Å²) in [5, 5.41) is 2.91. The largest absolute Gasteiger partial charge is 0.497 e. The molecule has 0 spiro atoms. The van der Waals surface area contributed by atoms with Gasteiger partial charge in [-0.25, -0.2) is 4.98 Å². The van der Waals surface area contributed by atoms with E-state index in [2.05, 4.69) is 10.3 Å². The van der Waals surface area contributed by atoms with Crippen molar-refractivity contribution in [3.05, 3.63) is 48.2 Å². The number of nitrogens with one attached hydrogen (secondary N) is 1. The Hall–Kier alpha value is -3.09. The molecule has 2 amide bonds. The number of piperidine rings is 1. The second-order valence-corrected chi connectivity index (χ2v) is 8.23. The van der Waals surface area contributed by atoms with Crippen molar-refractivity contribution in [3.8, 4) is 11.6 Å². The molecule has 31 heavy (non-hydrogen) atoms. The number of carbonyl (C=O) groups is 2. The van der Waals surface area contributed by atoms with Gasteiger partial charge in [0.1, 0.15) is 11.9 Å². The van der Waals surface area contributed by atoms with E-state index in [1.807, 2.05) is 35.2 Å². The van der Waals surface area contributed by atoms with Crippen LogP contribution in [0.15, 0.2) is 42.6 Å². The molecule has 164 valence electrons. The average Bonchev–Trinajstić information content (AvgIpc) is 2.75. The summed E-state index contributed by atoms with van der Waals surface area (Å²) in [6.45, 7) is 1.35. The lowest BCUT2D eigenvalue weighted by molar-refractivity contribution is -0.132. The van der Waals surface area contributed by atoms with Gasteiger partial charge in [-0.05, 0) is 36.6 Å². The molecule has 2 fully saturated rings. The number of hydrogen-bond acceptors (Lipinski definition) is 5. The second-order valence-electron chi connectivity index (χ2n) is 8.23. The van der Waals surface area contributed by atoms with Crippen LogP contribution in [0.2, 0.25) is 0 Å². The summed E-state index contributed by atoms with van der Waals surface area (Å²) in [5.41, 5.74) is 1.68. The van der Waals surface area contributed by atoms with Crippen molar-refractivity contribution < 1.29 is 19.1 Å². The number of benzene rings is 1. The summed E-state index contributed by atoms with van der Waals surface area (Å²) < 4.78 is 11.1. The van der Waals surface area contributed by atoms with E-state index in [1.165, 1.54) is 0 Å². The normalized spacial score (nSPS) is 17.0. The van der Waals surface area contributed by atoms with Crippen molar-refractivity contribution in [3.63, 3.8) is 0 Å². The van der Waals surface area contributed by atoms with Gasteiger partial charge in [0.05, 0.1) is 25.4 Å². The molecule has 2 aliphatic rings. The summed E-state index contributed by atoms with van der Waals surface area (Å²) in [4.78, 5) is 30.8. The Bertz CT molecular complexity index is 886. The highest BCUT2D eigenvalue weighted by molar-refractivity contribution is 5.92. The summed E-state index contributed by atoms with van der Waals surface area (Å²) in [7, 11) is 1.63. The van der Waals surface area contributed by atoms with Crippen LogP contribution in [0.25, 0.3) is 0 Å². The van der Waals surface area contributed by atoms with Gasteiger partial charge in [0.15, 0.2) is 0 Å². The number of ether oxygens (including phenoxy) is 2. The topological polar surface area (TPSA) is 80.8 Å². The third kappa shape index (κ3) is 5.54. The Kier molecular flexibility index (Phi) is 6.70. The molecule has 0 bridgehead atoms. The maximum Gasteiger partial charge on any atom is 0.227 e. The van der Waals surface area contributed by atoms with Gasteiger partial charge in [0, 0.05) is 37.9 Å². The highest BCUT2D eigenvalue weighted by atomic mass is 16.5. The smallest absolute Gasteiger partial charge is 0.227 e. The number of methoxy groups -OCH3 is 1. The quantitative estimate of drug-likeness (QED) is 0.738. The van der Waals surface area contributed by atoms with E-state index in [-0.39, 0.29) is 23.8 Å². The summed E-state index contributed by atoms with van der Waals surface area (Å²) in [5.74, 6) is 1.69. The summed E-state index contributed by atoms with van der Waals surface area (Å²) >= 11 is 0. The van der Waals surface area contributed by atoms with Crippen molar-refractivity contribution >= 4 is 17.5 Å². The summed E-state index contributed by atoms with van der Waals surface area (Å²) in [6.07, 6.45) is 6.70. The van der Waals surface area contributed by atoms with Crippen molar-refractivity contribution in [1.82, 2.24) is 9.88 Å². The highest BCUT2D eigenvalue weighted by Gasteiger charge is 2.26. The van der Waals surface area contributed by atoms with Crippen LogP contribution < -0.4 is 14.8 Å². The molecule has 4 rings (SSSR count). The molecule has 1 saturated carbocycles. The highest BCUT2D eigenvalue weighted by Crippen LogP contribution is 2.28. The molecule has 1 aromatic heterocycles. The van der Waals surface area contributed by atoms with Gasteiger partial charge in [-0.2, -0.15) is 0 Å². The van der Waals surface area contributed by atoms with E-state index in [0.717, 1.165) is 43.4 Å². The molecule has 7 nitrogen and oxygen atoms in total. The number of pyridine rings is 1. The predicted molar refractivity (Wildman–Crippen MR) is 117 cm³/mol. The molecule has 0 unspecified atom stereocenters. The Balaban J connectivity index is 1.21. The lowest BCUT2D eigenvalue weighted by Crippen LogP contribution is -2.42. The van der Waals surface area contributed by atoms with Crippen LogP contribution in [-0.2, 0) is 16.0 Å². The molecule has 0 radical (unpaired) electrons. The predicted octanol–water partition coefficient (Wildman–Crippen LogP) is 3.44. The van der Waals surface area contributed by atoms with Crippen molar-refractivity contribution in [2.24, 2.45) is 5.92 Å². The molecule has 7 heteroatoms. The average molecular weight is 424 g/mol. The first-order valence-electron chi connectivity index (χ1n) is 10.9. The Labute approximate surface area is 182 Å². The summed E-state index contributed by atoms with van der Waals surface area (Å²) in [6, 6.07) is 11.2. The van der Waals surface area contributed by atoms with Gasteiger partial charge in [0.2, 0.25) is 17.7 Å². The number of hydrogen-bond donors (Lipinski definition) is 1. The maximum absolute atomic E-state index is 12.6. The molecule has 1 saturated heterocycles. The van der Waals surface area contributed by atoms with Gasteiger partial charge in [-0.3, -0.25) is 9.59 Å². The molecule has 2 aromatic rings. The first-order valence-corrected chi connectivity index (χ1v) is 10.9. The molecule has 1 aromatic carbocycles. The molecule has 0 atom stereocenters. The molecule has 1 N–H and O–H groups in total. The van der Waals surface area contributed by atoms with Gasteiger partial charge in [-0.15, -0.1) is 0 Å². The zero-order chi connectivity index (χ0) is 21.6. The van der Waals surface area contributed by atoms with E-state index in [0.29, 0.717) is 31.1 Å². The van der Waals surface area contributed by atoms with E-state index < -0.39 is 0 Å². The lowest BCUT2D eigenvalue weighted by Gasteiger charge is -2.32. The van der Waals surface area contributed by atoms with Crippen LogP contribution in [0.3, 0.4) is 0 Å². The monoisotopic (exact) mass is 423 g/mol. The van der Waals surface area contributed by atoms with E-state index in [9.17, 15) is 9.59 Å². The standard InChI is InChI=1S/C24H29N3O4/c1-30-20-8-5-17(6-9-20)15-23(28)27-13-11-21(12-14-27)31-22-10-7-19(16-25-22)26-24(29)18-3-2-4-18/h5-10,16,18,21H,2-4,11-15H2,1H3,(H,26,29). The molecule has 2 heterocycles. The number of rotatable bonds is 7. The Morgan fingerprint density at radius 3 is 2.39 bits per heavy atom. The number of anilines is 1. The third-order valence-electron chi connectivity index (χ3n) is 6.08. The minimum Gasteiger partial charge on any atom is -0.497 e. The zero-order valence-corrected chi connectivity index (χ0v) is 17.9. The number of likely N-dealkylation sites (tertiary alicyclic amines) is 1. The van der Waals surface area contributed by atoms with Gasteiger partial charge >= 0.3 is 0 Å². The van der Waals surface area contributed by atoms with Gasteiger partial charge in [-0.1, -0.05) is 18.6 Å². The fourth-order valence-electron chi connectivity index (χ4n) is 3.86. The zero-order valence-electron chi connectivity index (χ0n) is 17.9. The Morgan fingerprint density at radius 2 is 1.81 bits per heavy atom. The number of aromatic nitrogens is 1. The van der Waals surface area contributed by atoms with Crippen LogP contribution >= 0.6 is 0 Å². The minimum absolute atomic E-state index is 0.0351. The van der Waals surface area contributed by atoms with Crippen LogP contribution in [0.5, 0.6) is 11.6 Å². The van der Waals surface area contributed by atoms with Gasteiger partial charge in [0.25, 0.3) is 0 Å². The SMILES string of the molecule is COc1ccc(CC(=O)N2CCC(Oc3ccc(NC(=O)C4CCC4)cn3)CC2)cc1. The first-order chi connectivity index (χ1) is 15.1. The van der Waals surface area contributed by atoms with Crippen LogP contribution in [-0.4, -0.2) is 48.0 Å². The third-order valence-corrected chi connectivity index (χ3v) is 6.08. The molecular weight excluding hydrogens is 394 g/mol. The number of carbonyl (C=O) groups excluding carboxylic acids is 2. The Morgan fingerprint density at radius 1 is 1.06 bits per heavy atom. The van der Waals surface area contributed by atoms with Crippen LogP contribution in [0.1, 0.15) is 37.7 Å². The fraction of sp³-hybridized carbons (Fsp3) is 0.458. The minimum atomic E-state index is 0.0351. The molecule has 1 aliphatic heterocycles. The number of amides is 2. The van der Waals surface area contributed by atoms with Crippen LogP contribution in [0.4, 0.5) is 5.69 Å². The fourth-order valence-corrected chi connectivity index (χ4v) is 3.86. The van der Waals surface area contributed by atoms with Crippen molar-refractivity contribution in [2.45, 2.75) is 44.6 Å². The molecular formula is C24H29N3O4. The van der Waals surface area contributed by atoms with E-state index in [1.54, 1.807) is 19.4 Å². The van der Waals surface area contributed by atoms with E-state index in [4.69, 9.17) is 9.47 Å². The van der Waals surface area contributed by atoms with Crippen molar-refractivity contribution in [1.29, 1.82) is 0 Å². The van der Waals surface area contributed by atoms with E-state index >= 15 is 0 Å². The maximum atomic E-state index is 12.6.